The number of hydrogen-bond donors (Lipinski definition) is 2. The standard InChI is InChI=1S/C10H11F3N2O2/c1-5(16)15-9-7(10(11,12)13)3-6(17-2)4-8(9)14/h3-4H,14H2,1-2H3,(H,15,16). The lowest BCUT2D eigenvalue weighted by Crippen LogP contribution is -2.16. The molecule has 0 aromatic heterocycles. The molecule has 0 aliphatic heterocycles. The van der Waals surface area contributed by atoms with Crippen LogP contribution < -0.4 is 15.8 Å². The van der Waals surface area contributed by atoms with Gasteiger partial charge in [0.15, 0.2) is 0 Å². The van der Waals surface area contributed by atoms with Gasteiger partial charge in [-0.1, -0.05) is 0 Å². The molecule has 0 aliphatic carbocycles. The third-order valence-electron chi connectivity index (χ3n) is 1.98. The minimum atomic E-state index is -4.62. The Labute approximate surface area is 95.6 Å². The van der Waals surface area contributed by atoms with Crippen molar-refractivity contribution in [1.29, 1.82) is 0 Å². The van der Waals surface area contributed by atoms with Crippen LogP contribution in [-0.4, -0.2) is 13.0 Å². The number of carbonyl (C=O) groups is 1. The van der Waals surface area contributed by atoms with Crippen molar-refractivity contribution in [2.45, 2.75) is 13.1 Å². The zero-order valence-electron chi connectivity index (χ0n) is 9.18. The Hall–Kier alpha value is -1.92. The number of anilines is 2. The second-order valence-electron chi connectivity index (χ2n) is 3.32. The lowest BCUT2D eigenvalue weighted by molar-refractivity contribution is -0.137. The van der Waals surface area contributed by atoms with Gasteiger partial charge >= 0.3 is 6.18 Å². The van der Waals surface area contributed by atoms with Crippen molar-refractivity contribution in [3.63, 3.8) is 0 Å². The van der Waals surface area contributed by atoms with Gasteiger partial charge in [0, 0.05) is 13.0 Å². The fraction of sp³-hybridized carbons (Fsp3) is 0.300. The first-order valence-electron chi connectivity index (χ1n) is 4.58. The van der Waals surface area contributed by atoms with Crippen LogP contribution in [0.4, 0.5) is 24.5 Å². The number of methoxy groups -OCH3 is 1. The van der Waals surface area contributed by atoms with Crippen LogP contribution in [0.25, 0.3) is 0 Å². The van der Waals surface area contributed by atoms with Crippen LogP contribution in [0, 0.1) is 0 Å². The molecule has 0 heterocycles. The Kier molecular flexibility index (Phi) is 3.50. The number of benzene rings is 1. The molecule has 0 radical (unpaired) electrons. The van der Waals surface area contributed by atoms with Gasteiger partial charge in [0.05, 0.1) is 24.0 Å². The van der Waals surface area contributed by atoms with Crippen molar-refractivity contribution in [1.82, 2.24) is 0 Å². The van der Waals surface area contributed by atoms with E-state index in [1.165, 1.54) is 13.2 Å². The molecule has 0 bridgehead atoms. The topological polar surface area (TPSA) is 64.3 Å². The van der Waals surface area contributed by atoms with E-state index in [-0.39, 0.29) is 11.4 Å². The minimum absolute atomic E-state index is 0.0241. The van der Waals surface area contributed by atoms with Crippen LogP contribution in [-0.2, 0) is 11.0 Å². The normalized spacial score (nSPS) is 11.1. The molecule has 1 amide bonds. The smallest absolute Gasteiger partial charge is 0.418 e. The summed E-state index contributed by atoms with van der Waals surface area (Å²) in [5.74, 6) is -0.656. The first-order valence-corrected chi connectivity index (χ1v) is 4.58. The highest BCUT2D eigenvalue weighted by atomic mass is 19.4. The highest BCUT2D eigenvalue weighted by molar-refractivity contribution is 5.93. The molecule has 7 heteroatoms. The predicted molar refractivity (Wildman–Crippen MR) is 56.7 cm³/mol. The second-order valence-corrected chi connectivity index (χ2v) is 3.32. The molecule has 0 saturated carbocycles. The highest BCUT2D eigenvalue weighted by Gasteiger charge is 2.35. The van der Waals surface area contributed by atoms with Crippen LogP contribution >= 0.6 is 0 Å². The van der Waals surface area contributed by atoms with Gasteiger partial charge in [-0.15, -0.1) is 0 Å². The molecule has 1 aromatic rings. The van der Waals surface area contributed by atoms with Gasteiger partial charge in [-0.25, -0.2) is 0 Å². The molecule has 0 atom stereocenters. The average molecular weight is 248 g/mol. The first-order chi connectivity index (χ1) is 7.75. The molecule has 4 nitrogen and oxygen atoms in total. The number of nitrogen functional groups attached to an aromatic ring is 1. The zero-order chi connectivity index (χ0) is 13.2. The summed E-state index contributed by atoms with van der Waals surface area (Å²) < 4.78 is 42.9. The number of ether oxygens (including phenoxy) is 1. The number of halogens is 3. The molecule has 1 aromatic carbocycles. The zero-order valence-corrected chi connectivity index (χ0v) is 9.18. The van der Waals surface area contributed by atoms with Gasteiger partial charge in [0.25, 0.3) is 0 Å². The van der Waals surface area contributed by atoms with Gasteiger partial charge in [0.2, 0.25) is 5.91 Å². The summed E-state index contributed by atoms with van der Waals surface area (Å²) in [5, 5.41) is 2.06. The predicted octanol–water partition coefficient (Wildman–Crippen LogP) is 2.25. The maximum Gasteiger partial charge on any atom is 0.418 e. The average Bonchev–Trinajstić information content (AvgIpc) is 2.18. The quantitative estimate of drug-likeness (QED) is 0.789. The molecule has 0 spiro atoms. The molecule has 1 rings (SSSR count). The van der Waals surface area contributed by atoms with E-state index in [9.17, 15) is 18.0 Å². The van der Waals surface area contributed by atoms with Gasteiger partial charge in [-0.2, -0.15) is 13.2 Å². The van der Waals surface area contributed by atoms with Gasteiger partial charge in [-0.3, -0.25) is 4.79 Å². The number of alkyl halides is 3. The van der Waals surface area contributed by atoms with Crippen molar-refractivity contribution in [2.24, 2.45) is 0 Å². The number of nitrogens with one attached hydrogen (secondary N) is 1. The summed E-state index contributed by atoms with van der Waals surface area (Å²) in [6, 6.07) is 1.99. The number of rotatable bonds is 2. The molecular formula is C10H11F3N2O2. The molecule has 0 fully saturated rings. The molecule has 3 N–H and O–H groups in total. The minimum Gasteiger partial charge on any atom is -0.497 e. The number of nitrogens with two attached hydrogens (primary N) is 1. The van der Waals surface area contributed by atoms with E-state index in [1.54, 1.807) is 0 Å². The summed E-state index contributed by atoms with van der Waals surface area (Å²) in [6.45, 7) is 1.10. The van der Waals surface area contributed by atoms with E-state index in [0.717, 1.165) is 13.0 Å². The monoisotopic (exact) mass is 248 g/mol. The summed E-state index contributed by atoms with van der Waals surface area (Å²) in [4.78, 5) is 10.8. The molecular weight excluding hydrogens is 237 g/mol. The number of hydrogen-bond acceptors (Lipinski definition) is 3. The first kappa shape index (κ1) is 13.1. The van der Waals surface area contributed by atoms with Crippen LogP contribution in [0.3, 0.4) is 0 Å². The Bertz CT molecular complexity index is 444. The fourth-order valence-electron chi connectivity index (χ4n) is 1.29. The Morgan fingerprint density at radius 1 is 1.41 bits per heavy atom. The Morgan fingerprint density at radius 2 is 2.00 bits per heavy atom. The second kappa shape index (κ2) is 4.52. The summed E-state index contributed by atoms with van der Waals surface area (Å²) in [6.07, 6.45) is -4.62. The largest absolute Gasteiger partial charge is 0.497 e. The highest BCUT2D eigenvalue weighted by Crippen LogP contribution is 2.40. The van der Waals surface area contributed by atoms with Crippen LogP contribution in [0.5, 0.6) is 5.75 Å². The molecule has 0 unspecified atom stereocenters. The Balaban J connectivity index is 3.40. The van der Waals surface area contributed by atoms with Crippen molar-refractivity contribution < 1.29 is 22.7 Å². The van der Waals surface area contributed by atoms with Crippen molar-refractivity contribution in [3.8, 4) is 5.75 Å². The SMILES string of the molecule is COc1cc(N)c(NC(C)=O)c(C(F)(F)F)c1. The van der Waals surface area contributed by atoms with E-state index in [2.05, 4.69) is 5.32 Å². The van der Waals surface area contributed by atoms with Crippen LogP contribution in [0.1, 0.15) is 12.5 Å². The van der Waals surface area contributed by atoms with E-state index in [1.807, 2.05) is 0 Å². The number of amides is 1. The van der Waals surface area contributed by atoms with E-state index in [0.29, 0.717) is 0 Å². The summed E-state index contributed by atoms with van der Waals surface area (Å²) >= 11 is 0. The lowest BCUT2D eigenvalue weighted by Gasteiger charge is -2.16. The van der Waals surface area contributed by atoms with Crippen molar-refractivity contribution in [2.75, 3.05) is 18.2 Å². The third kappa shape index (κ3) is 3.02. The molecule has 0 saturated heterocycles. The van der Waals surface area contributed by atoms with Crippen LogP contribution in [0.15, 0.2) is 12.1 Å². The third-order valence-corrected chi connectivity index (χ3v) is 1.98. The lowest BCUT2D eigenvalue weighted by atomic mass is 10.1. The van der Waals surface area contributed by atoms with E-state index < -0.39 is 23.3 Å². The van der Waals surface area contributed by atoms with E-state index >= 15 is 0 Å². The maximum atomic E-state index is 12.7. The van der Waals surface area contributed by atoms with Crippen LogP contribution in [0.2, 0.25) is 0 Å². The fourth-order valence-corrected chi connectivity index (χ4v) is 1.29. The molecule has 17 heavy (non-hydrogen) atoms. The maximum absolute atomic E-state index is 12.7. The van der Waals surface area contributed by atoms with Gasteiger partial charge < -0.3 is 15.8 Å². The van der Waals surface area contributed by atoms with Gasteiger partial charge in [-0.05, 0) is 6.07 Å². The van der Waals surface area contributed by atoms with Crippen molar-refractivity contribution >= 4 is 17.3 Å². The summed E-state index contributed by atoms with van der Waals surface area (Å²) in [7, 11) is 1.23. The summed E-state index contributed by atoms with van der Waals surface area (Å²) in [5.41, 5.74) is 3.76. The van der Waals surface area contributed by atoms with Crippen molar-refractivity contribution in [3.05, 3.63) is 17.7 Å². The number of carbonyl (C=O) groups excluding carboxylic acids is 1. The Morgan fingerprint density at radius 3 is 2.41 bits per heavy atom. The molecule has 0 aliphatic rings. The van der Waals surface area contributed by atoms with E-state index in [4.69, 9.17) is 10.5 Å². The van der Waals surface area contributed by atoms with Gasteiger partial charge in [0.1, 0.15) is 5.75 Å². The molecule has 94 valence electrons.